The highest BCUT2D eigenvalue weighted by atomic mass is 32.1. The monoisotopic (exact) mass is 313 g/mol. The van der Waals surface area contributed by atoms with Crippen molar-refractivity contribution in [2.24, 2.45) is 0 Å². The number of hydrogen-bond donors (Lipinski definition) is 3. The van der Waals surface area contributed by atoms with Gasteiger partial charge in [-0.3, -0.25) is 5.32 Å². The fraction of sp³-hybridized carbons (Fsp3) is 0.615. The van der Waals surface area contributed by atoms with E-state index in [1.807, 2.05) is 0 Å². The lowest BCUT2D eigenvalue weighted by Gasteiger charge is -2.22. The van der Waals surface area contributed by atoms with Crippen molar-refractivity contribution in [2.75, 3.05) is 12.4 Å². The molecule has 1 aliphatic rings. The number of urea groups is 1. The first kappa shape index (κ1) is 15.7. The molecule has 1 heterocycles. The molecule has 3 N–H and O–H groups in total. The van der Waals surface area contributed by atoms with E-state index < -0.39 is 5.97 Å². The second-order valence-corrected chi connectivity index (χ2v) is 5.97. The van der Waals surface area contributed by atoms with Crippen LogP contribution < -0.4 is 10.6 Å². The summed E-state index contributed by atoms with van der Waals surface area (Å²) in [6, 6.07) is -0.146. The number of nitrogens with zero attached hydrogens (tertiary/aromatic N) is 1. The molecule has 0 unspecified atom stereocenters. The van der Waals surface area contributed by atoms with Gasteiger partial charge in [0.25, 0.3) is 0 Å². The van der Waals surface area contributed by atoms with Gasteiger partial charge in [-0.25, -0.2) is 14.6 Å². The number of rotatable bonds is 5. The lowest BCUT2D eigenvalue weighted by Crippen LogP contribution is -2.38. The largest absolute Gasteiger partial charge is 0.477 e. The summed E-state index contributed by atoms with van der Waals surface area (Å²) in [5.74, 6) is -1.07. The first-order chi connectivity index (χ1) is 10.1. The van der Waals surface area contributed by atoms with Crippen LogP contribution in [0.25, 0.3) is 0 Å². The number of carbonyl (C=O) groups excluding carboxylic acids is 1. The van der Waals surface area contributed by atoms with E-state index in [1.54, 1.807) is 0 Å². The van der Waals surface area contributed by atoms with Gasteiger partial charge in [-0.2, -0.15) is 0 Å². The summed E-state index contributed by atoms with van der Waals surface area (Å²) >= 11 is 0.935. The summed E-state index contributed by atoms with van der Waals surface area (Å²) in [6.45, 7) is 0.101. The Labute approximate surface area is 126 Å². The highest BCUT2D eigenvalue weighted by molar-refractivity contribution is 7.17. The zero-order chi connectivity index (χ0) is 15.2. The van der Waals surface area contributed by atoms with Gasteiger partial charge < -0.3 is 15.2 Å². The van der Waals surface area contributed by atoms with Crippen LogP contribution in [0.15, 0.2) is 0 Å². The van der Waals surface area contributed by atoms with Gasteiger partial charge in [0.1, 0.15) is 4.88 Å². The molecule has 1 aliphatic carbocycles. The van der Waals surface area contributed by atoms with E-state index >= 15 is 0 Å². The number of carbonyl (C=O) groups is 2. The Kier molecular flexibility index (Phi) is 5.51. The molecule has 0 aliphatic heterocycles. The standard InChI is InChI=1S/C13H19N3O4S/c1-20-7-9-10(11(17)18)21-13(15-9)16-12(19)14-8-5-3-2-4-6-8/h8H,2-7H2,1H3,(H,17,18)(H2,14,15,16,19). The average molecular weight is 313 g/mol. The van der Waals surface area contributed by atoms with E-state index in [-0.39, 0.29) is 28.7 Å². The molecule has 1 saturated carbocycles. The van der Waals surface area contributed by atoms with Crippen LogP contribution in [-0.2, 0) is 11.3 Å². The molecule has 1 aromatic rings. The van der Waals surface area contributed by atoms with Crippen molar-refractivity contribution in [3.05, 3.63) is 10.6 Å². The van der Waals surface area contributed by atoms with Crippen LogP contribution in [0.5, 0.6) is 0 Å². The van der Waals surface area contributed by atoms with Crippen molar-refractivity contribution < 1.29 is 19.4 Å². The summed E-state index contributed by atoms with van der Waals surface area (Å²) < 4.78 is 4.91. The molecule has 21 heavy (non-hydrogen) atoms. The lowest BCUT2D eigenvalue weighted by atomic mass is 9.96. The van der Waals surface area contributed by atoms with E-state index in [2.05, 4.69) is 15.6 Å². The Hall–Kier alpha value is -1.67. The number of anilines is 1. The molecule has 1 aromatic heterocycles. The van der Waals surface area contributed by atoms with E-state index in [1.165, 1.54) is 13.5 Å². The molecule has 8 heteroatoms. The predicted octanol–water partition coefficient (Wildman–Crippen LogP) is 2.44. The van der Waals surface area contributed by atoms with E-state index in [9.17, 15) is 9.59 Å². The molecule has 0 bridgehead atoms. The molecule has 7 nitrogen and oxygen atoms in total. The SMILES string of the molecule is COCc1nc(NC(=O)NC2CCCCC2)sc1C(=O)O. The molecule has 0 spiro atoms. The predicted molar refractivity (Wildman–Crippen MR) is 78.8 cm³/mol. The number of nitrogens with one attached hydrogen (secondary N) is 2. The van der Waals surface area contributed by atoms with Crippen LogP contribution in [0.4, 0.5) is 9.93 Å². The second-order valence-electron chi connectivity index (χ2n) is 4.97. The van der Waals surface area contributed by atoms with Gasteiger partial charge in [0.2, 0.25) is 0 Å². The molecule has 0 aromatic carbocycles. The van der Waals surface area contributed by atoms with Gasteiger partial charge in [0.05, 0.1) is 12.3 Å². The third-order valence-electron chi connectivity index (χ3n) is 3.33. The molecule has 0 radical (unpaired) electrons. The number of thiazole rings is 1. The Morgan fingerprint density at radius 1 is 1.38 bits per heavy atom. The number of carboxylic acid groups (broad SMARTS) is 1. The maximum atomic E-state index is 11.9. The molecule has 0 saturated heterocycles. The Morgan fingerprint density at radius 2 is 2.10 bits per heavy atom. The highest BCUT2D eigenvalue weighted by Crippen LogP contribution is 2.24. The summed E-state index contributed by atoms with van der Waals surface area (Å²) in [7, 11) is 1.47. The van der Waals surface area contributed by atoms with Crippen LogP contribution in [-0.4, -0.2) is 35.2 Å². The molecular formula is C13H19N3O4S. The van der Waals surface area contributed by atoms with Crippen LogP contribution >= 0.6 is 11.3 Å². The summed E-state index contributed by atoms with van der Waals surface area (Å²) in [5, 5.41) is 14.9. The zero-order valence-corrected chi connectivity index (χ0v) is 12.7. The van der Waals surface area contributed by atoms with Crippen LogP contribution in [0.3, 0.4) is 0 Å². The van der Waals surface area contributed by atoms with Crippen LogP contribution in [0.2, 0.25) is 0 Å². The minimum absolute atomic E-state index is 0.0878. The van der Waals surface area contributed by atoms with Gasteiger partial charge in [-0.15, -0.1) is 0 Å². The molecule has 2 amide bonds. The third kappa shape index (κ3) is 4.40. The van der Waals surface area contributed by atoms with Gasteiger partial charge in [0.15, 0.2) is 5.13 Å². The van der Waals surface area contributed by atoms with Crippen molar-refractivity contribution in [1.29, 1.82) is 0 Å². The Bertz CT molecular complexity index is 512. The van der Waals surface area contributed by atoms with Crippen molar-refractivity contribution in [3.63, 3.8) is 0 Å². The number of ether oxygens (including phenoxy) is 1. The molecule has 2 rings (SSSR count). The fourth-order valence-corrected chi connectivity index (χ4v) is 3.17. The summed E-state index contributed by atoms with van der Waals surface area (Å²) in [4.78, 5) is 27.2. The smallest absolute Gasteiger partial charge is 0.347 e. The van der Waals surface area contributed by atoms with E-state index in [0.717, 1.165) is 37.0 Å². The van der Waals surface area contributed by atoms with Crippen molar-refractivity contribution >= 4 is 28.5 Å². The van der Waals surface area contributed by atoms with Gasteiger partial charge in [-0.1, -0.05) is 30.6 Å². The van der Waals surface area contributed by atoms with Crippen LogP contribution in [0, 0.1) is 0 Å². The van der Waals surface area contributed by atoms with E-state index in [0.29, 0.717) is 5.69 Å². The number of aromatic carboxylic acids is 1. The average Bonchev–Trinajstić information content (AvgIpc) is 2.83. The maximum absolute atomic E-state index is 11.9. The highest BCUT2D eigenvalue weighted by Gasteiger charge is 2.20. The van der Waals surface area contributed by atoms with Gasteiger partial charge >= 0.3 is 12.0 Å². The molecular weight excluding hydrogens is 294 g/mol. The number of methoxy groups -OCH3 is 1. The number of carboxylic acids is 1. The lowest BCUT2D eigenvalue weighted by molar-refractivity contribution is 0.0697. The fourth-order valence-electron chi connectivity index (χ4n) is 2.37. The molecule has 0 atom stereocenters. The minimum Gasteiger partial charge on any atom is -0.477 e. The second kappa shape index (κ2) is 7.37. The van der Waals surface area contributed by atoms with Crippen molar-refractivity contribution in [3.8, 4) is 0 Å². The first-order valence-corrected chi connectivity index (χ1v) is 7.71. The van der Waals surface area contributed by atoms with Gasteiger partial charge in [-0.05, 0) is 12.8 Å². The number of aromatic nitrogens is 1. The maximum Gasteiger partial charge on any atom is 0.347 e. The summed E-state index contributed by atoms with van der Waals surface area (Å²) in [5.41, 5.74) is 0.322. The van der Waals surface area contributed by atoms with Crippen molar-refractivity contribution in [2.45, 2.75) is 44.8 Å². The first-order valence-electron chi connectivity index (χ1n) is 6.89. The van der Waals surface area contributed by atoms with Gasteiger partial charge in [0, 0.05) is 13.2 Å². The topological polar surface area (TPSA) is 101 Å². The van der Waals surface area contributed by atoms with Crippen LogP contribution in [0.1, 0.15) is 47.5 Å². The minimum atomic E-state index is -1.07. The number of amides is 2. The third-order valence-corrected chi connectivity index (χ3v) is 4.33. The Balaban J connectivity index is 1.96. The molecule has 116 valence electrons. The van der Waals surface area contributed by atoms with Crippen molar-refractivity contribution in [1.82, 2.24) is 10.3 Å². The quantitative estimate of drug-likeness (QED) is 0.775. The zero-order valence-electron chi connectivity index (χ0n) is 11.8. The summed E-state index contributed by atoms with van der Waals surface area (Å²) in [6.07, 6.45) is 5.45. The van der Waals surface area contributed by atoms with E-state index in [4.69, 9.17) is 9.84 Å². The Morgan fingerprint density at radius 3 is 2.71 bits per heavy atom. The molecule has 1 fully saturated rings. The normalized spacial score (nSPS) is 15.7. The number of hydrogen-bond acceptors (Lipinski definition) is 5.